The van der Waals surface area contributed by atoms with E-state index in [0.717, 1.165) is 10.9 Å². The molecule has 0 fully saturated rings. The zero-order chi connectivity index (χ0) is 16.0. The summed E-state index contributed by atoms with van der Waals surface area (Å²) < 4.78 is 5.38. The van der Waals surface area contributed by atoms with Crippen LogP contribution in [0, 0.1) is 13.8 Å². The largest absolute Gasteiger partial charge is 0.423 e. The van der Waals surface area contributed by atoms with E-state index in [0.29, 0.717) is 5.58 Å². The van der Waals surface area contributed by atoms with Crippen LogP contribution in [0.1, 0.15) is 9.75 Å². The van der Waals surface area contributed by atoms with E-state index < -0.39 is 0 Å². The van der Waals surface area contributed by atoms with Crippen LogP contribution in [0.15, 0.2) is 57.7 Å². The van der Waals surface area contributed by atoms with Crippen molar-refractivity contribution in [2.75, 3.05) is 0 Å². The highest BCUT2D eigenvalue weighted by Crippen LogP contribution is 2.40. The number of hydrogen-bond acceptors (Lipinski definition) is 4. The van der Waals surface area contributed by atoms with Gasteiger partial charge in [-0.1, -0.05) is 0 Å². The molecule has 0 radical (unpaired) electrons. The van der Waals surface area contributed by atoms with Crippen LogP contribution < -0.4 is 5.63 Å². The third-order valence-electron chi connectivity index (χ3n) is 3.77. The Balaban J connectivity index is 2.05. The topological polar surface area (TPSA) is 30.2 Å². The second-order valence-corrected chi connectivity index (χ2v) is 8.09. The lowest BCUT2D eigenvalue weighted by Crippen LogP contribution is -1.95. The molecule has 1 aromatic carbocycles. The summed E-state index contributed by atoms with van der Waals surface area (Å²) in [6.07, 6.45) is 0. The molecule has 0 unspecified atom stereocenters. The molecule has 0 aliphatic heterocycles. The fourth-order valence-corrected chi connectivity index (χ4v) is 4.48. The number of hydrogen-bond donors (Lipinski definition) is 0. The van der Waals surface area contributed by atoms with Gasteiger partial charge in [0.2, 0.25) is 0 Å². The van der Waals surface area contributed by atoms with Crippen LogP contribution in [0.25, 0.3) is 31.9 Å². The molecule has 0 spiro atoms. The standard InChI is InChI=1S/C19H14O2S2/c1-11-3-6-17(22-11)14-9-13-5-8-19(20)21-16(13)10-15(14)18-7-4-12(2)23-18/h3-10H,1-2H3. The molecule has 0 N–H and O–H groups in total. The monoisotopic (exact) mass is 338 g/mol. The van der Waals surface area contributed by atoms with Gasteiger partial charge in [0.25, 0.3) is 0 Å². The summed E-state index contributed by atoms with van der Waals surface area (Å²) in [4.78, 5) is 16.5. The van der Waals surface area contributed by atoms with Crippen molar-refractivity contribution in [1.29, 1.82) is 0 Å². The maximum absolute atomic E-state index is 11.5. The van der Waals surface area contributed by atoms with Crippen molar-refractivity contribution >= 4 is 33.6 Å². The van der Waals surface area contributed by atoms with Crippen molar-refractivity contribution in [2.24, 2.45) is 0 Å². The zero-order valence-corrected chi connectivity index (χ0v) is 14.4. The van der Waals surface area contributed by atoms with E-state index in [4.69, 9.17) is 4.42 Å². The maximum Gasteiger partial charge on any atom is 0.336 e. The first-order valence-electron chi connectivity index (χ1n) is 7.32. The number of aryl methyl sites for hydroxylation is 2. The molecular formula is C19H14O2S2. The lowest BCUT2D eigenvalue weighted by molar-refractivity contribution is 0.561. The minimum absolute atomic E-state index is 0.314. The Morgan fingerprint density at radius 1 is 0.783 bits per heavy atom. The van der Waals surface area contributed by atoms with Crippen molar-refractivity contribution in [3.63, 3.8) is 0 Å². The lowest BCUT2D eigenvalue weighted by Gasteiger charge is -2.08. The van der Waals surface area contributed by atoms with Crippen LogP contribution in [-0.2, 0) is 0 Å². The quantitative estimate of drug-likeness (QED) is 0.428. The van der Waals surface area contributed by atoms with Gasteiger partial charge in [0.05, 0.1) is 0 Å². The molecule has 3 heterocycles. The zero-order valence-electron chi connectivity index (χ0n) is 12.8. The Labute approximate surface area is 141 Å². The molecule has 4 aromatic rings. The van der Waals surface area contributed by atoms with Crippen molar-refractivity contribution in [1.82, 2.24) is 0 Å². The van der Waals surface area contributed by atoms with Crippen LogP contribution in [0.2, 0.25) is 0 Å². The SMILES string of the molecule is Cc1ccc(-c2cc3ccc(=O)oc3cc2-c2ccc(C)s2)s1. The maximum atomic E-state index is 11.5. The highest BCUT2D eigenvalue weighted by molar-refractivity contribution is 7.16. The van der Waals surface area contributed by atoms with Gasteiger partial charge in [-0.25, -0.2) is 4.79 Å². The van der Waals surface area contributed by atoms with Crippen LogP contribution in [0.3, 0.4) is 0 Å². The molecular weight excluding hydrogens is 324 g/mol. The van der Waals surface area contributed by atoms with Crippen molar-refractivity contribution in [3.8, 4) is 20.9 Å². The predicted octanol–water partition coefficient (Wildman–Crippen LogP) is 5.87. The summed E-state index contributed by atoms with van der Waals surface area (Å²) in [6.45, 7) is 4.22. The first kappa shape index (κ1) is 14.4. The summed E-state index contributed by atoms with van der Waals surface area (Å²) in [5.74, 6) is 0. The molecule has 0 saturated carbocycles. The Hall–Kier alpha value is -2.17. The molecule has 114 valence electrons. The number of fused-ring (bicyclic) bond motifs is 1. The van der Waals surface area contributed by atoms with Crippen molar-refractivity contribution in [2.45, 2.75) is 13.8 Å². The molecule has 0 aliphatic carbocycles. The molecule has 0 saturated heterocycles. The van der Waals surface area contributed by atoms with E-state index in [1.54, 1.807) is 22.7 Å². The van der Waals surface area contributed by atoms with Gasteiger partial charge in [0.15, 0.2) is 0 Å². The van der Waals surface area contributed by atoms with Gasteiger partial charge in [-0.3, -0.25) is 0 Å². The molecule has 0 amide bonds. The highest BCUT2D eigenvalue weighted by atomic mass is 32.1. The van der Waals surface area contributed by atoms with E-state index in [2.05, 4.69) is 44.2 Å². The lowest BCUT2D eigenvalue weighted by atomic mass is 10.0. The average molecular weight is 338 g/mol. The first-order valence-corrected chi connectivity index (χ1v) is 8.95. The smallest absolute Gasteiger partial charge is 0.336 e. The number of thiophene rings is 2. The van der Waals surface area contributed by atoms with Gasteiger partial charge < -0.3 is 4.42 Å². The van der Waals surface area contributed by atoms with E-state index in [1.165, 1.54) is 31.1 Å². The van der Waals surface area contributed by atoms with Gasteiger partial charge in [-0.2, -0.15) is 0 Å². The van der Waals surface area contributed by atoms with Crippen LogP contribution in [-0.4, -0.2) is 0 Å². The molecule has 23 heavy (non-hydrogen) atoms. The molecule has 0 atom stereocenters. The van der Waals surface area contributed by atoms with Gasteiger partial charge in [0.1, 0.15) is 5.58 Å². The van der Waals surface area contributed by atoms with Gasteiger partial charge in [-0.05, 0) is 56.3 Å². The minimum atomic E-state index is -0.314. The summed E-state index contributed by atoms with van der Waals surface area (Å²) in [5, 5.41) is 0.947. The molecule has 3 aromatic heterocycles. The van der Waals surface area contributed by atoms with Crippen LogP contribution in [0.5, 0.6) is 0 Å². The molecule has 0 aliphatic rings. The Kier molecular flexibility index (Phi) is 3.43. The molecule has 4 rings (SSSR count). The van der Waals surface area contributed by atoms with Crippen LogP contribution in [0.4, 0.5) is 0 Å². The number of rotatable bonds is 2. The van der Waals surface area contributed by atoms with Gasteiger partial charge in [0, 0.05) is 42.1 Å². The second-order valence-electron chi connectivity index (χ2n) is 5.51. The Morgan fingerprint density at radius 2 is 1.39 bits per heavy atom. The van der Waals surface area contributed by atoms with Crippen molar-refractivity contribution in [3.05, 3.63) is 68.7 Å². The highest BCUT2D eigenvalue weighted by Gasteiger charge is 2.13. The number of benzene rings is 1. The summed E-state index contributed by atoms with van der Waals surface area (Å²) in [5.41, 5.74) is 2.62. The molecule has 4 heteroatoms. The minimum Gasteiger partial charge on any atom is -0.423 e. The first-order chi connectivity index (χ1) is 11.1. The fraction of sp³-hybridized carbons (Fsp3) is 0.105. The normalized spacial score (nSPS) is 11.2. The summed E-state index contributed by atoms with van der Waals surface area (Å²) >= 11 is 3.53. The molecule has 0 bridgehead atoms. The Bertz CT molecular complexity index is 1070. The van der Waals surface area contributed by atoms with E-state index in [1.807, 2.05) is 12.1 Å². The van der Waals surface area contributed by atoms with Gasteiger partial charge >= 0.3 is 5.63 Å². The van der Waals surface area contributed by atoms with E-state index >= 15 is 0 Å². The Morgan fingerprint density at radius 3 is 1.96 bits per heavy atom. The van der Waals surface area contributed by atoms with E-state index in [-0.39, 0.29) is 5.63 Å². The van der Waals surface area contributed by atoms with Crippen LogP contribution >= 0.6 is 22.7 Å². The van der Waals surface area contributed by atoms with Crippen molar-refractivity contribution < 1.29 is 4.42 Å². The van der Waals surface area contributed by atoms with Gasteiger partial charge in [-0.15, -0.1) is 22.7 Å². The summed E-state index contributed by atoms with van der Waals surface area (Å²) in [7, 11) is 0. The third kappa shape index (κ3) is 2.64. The predicted molar refractivity (Wildman–Crippen MR) is 98.6 cm³/mol. The average Bonchev–Trinajstić information content (AvgIpc) is 3.14. The fourth-order valence-electron chi connectivity index (χ4n) is 2.68. The third-order valence-corrected chi connectivity index (χ3v) is 5.84. The second kappa shape index (κ2) is 5.48. The molecule has 2 nitrogen and oxygen atoms in total. The summed E-state index contributed by atoms with van der Waals surface area (Å²) in [6, 6.07) is 16.0. The van der Waals surface area contributed by atoms with E-state index in [9.17, 15) is 4.79 Å².